The van der Waals surface area contributed by atoms with Gasteiger partial charge in [-0.25, -0.2) is 0 Å². The summed E-state index contributed by atoms with van der Waals surface area (Å²) in [5, 5.41) is 0. The zero-order valence-corrected chi connectivity index (χ0v) is 14.5. The number of hydrogen-bond acceptors (Lipinski definition) is 3. The molecule has 0 radical (unpaired) electrons. The second-order valence-electron chi connectivity index (χ2n) is 5.75. The summed E-state index contributed by atoms with van der Waals surface area (Å²) >= 11 is 0. The largest absolute Gasteiger partial charge is 0.491 e. The van der Waals surface area contributed by atoms with Gasteiger partial charge in [-0.15, -0.1) is 0 Å². The molecule has 23 heavy (non-hydrogen) atoms. The molecule has 124 valence electrons. The first-order valence-corrected chi connectivity index (χ1v) is 8.05. The van der Waals surface area contributed by atoms with Crippen molar-refractivity contribution in [1.82, 2.24) is 0 Å². The number of aryl methyl sites for hydroxylation is 4. The molecule has 0 amide bonds. The van der Waals surface area contributed by atoms with E-state index in [1.807, 2.05) is 12.1 Å². The Balaban J connectivity index is 1.65. The van der Waals surface area contributed by atoms with Crippen LogP contribution in [0.2, 0.25) is 0 Å². The molecule has 0 N–H and O–H groups in total. The Labute approximate surface area is 139 Å². The van der Waals surface area contributed by atoms with Crippen LogP contribution in [0.25, 0.3) is 0 Å². The normalized spacial score (nSPS) is 10.6. The highest BCUT2D eigenvalue weighted by Gasteiger charge is 2.04. The Morgan fingerprint density at radius 3 is 1.26 bits per heavy atom. The van der Waals surface area contributed by atoms with E-state index in [-0.39, 0.29) is 0 Å². The van der Waals surface area contributed by atoms with Crippen molar-refractivity contribution in [2.75, 3.05) is 26.4 Å². The van der Waals surface area contributed by atoms with Crippen molar-refractivity contribution in [2.24, 2.45) is 0 Å². The molecule has 0 unspecified atom stereocenters. The molecular weight excluding hydrogens is 288 g/mol. The SMILES string of the molecule is Cc1cccc(C)c1OCCOCCOc1c(C)cccc1C. The van der Waals surface area contributed by atoms with Gasteiger partial charge in [0.25, 0.3) is 0 Å². The fourth-order valence-electron chi connectivity index (χ4n) is 2.56. The topological polar surface area (TPSA) is 27.7 Å². The Bertz CT molecular complexity index is 539. The van der Waals surface area contributed by atoms with E-state index in [0.29, 0.717) is 26.4 Å². The zero-order chi connectivity index (χ0) is 16.7. The minimum absolute atomic E-state index is 0.551. The molecule has 2 aromatic rings. The summed E-state index contributed by atoms with van der Waals surface area (Å²) in [6.45, 7) is 10.4. The summed E-state index contributed by atoms with van der Waals surface area (Å²) in [7, 11) is 0. The molecule has 2 aromatic carbocycles. The molecule has 0 heterocycles. The molecule has 0 aliphatic heterocycles. The minimum atomic E-state index is 0.551. The lowest BCUT2D eigenvalue weighted by atomic mass is 10.1. The third kappa shape index (κ3) is 5.00. The van der Waals surface area contributed by atoms with Gasteiger partial charge in [0, 0.05) is 0 Å². The maximum atomic E-state index is 5.80. The smallest absolute Gasteiger partial charge is 0.125 e. The number of benzene rings is 2. The summed E-state index contributed by atoms with van der Waals surface area (Å²) in [5.74, 6) is 1.92. The number of ether oxygens (including phenoxy) is 3. The second-order valence-corrected chi connectivity index (χ2v) is 5.75. The van der Waals surface area contributed by atoms with Gasteiger partial charge >= 0.3 is 0 Å². The van der Waals surface area contributed by atoms with Crippen molar-refractivity contribution in [3.8, 4) is 11.5 Å². The van der Waals surface area contributed by atoms with Crippen LogP contribution in [0, 0.1) is 27.7 Å². The van der Waals surface area contributed by atoms with E-state index < -0.39 is 0 Å². The molecule has 3 nitrogen and oxygen atoms in total. The number of rotatable bonds is 8. The van der Waals surface area contributed by atoms with Gasteiger partial charge in [0.1, 0.15) is 24.7 Å². The average molecular weight is 314 g/mol. The van der Waals surface area contributed by atoms with Gasteiger partial charge in [-0.05, 0) is 49.9 Å². The molecule has 2 rings (SSSR count). The van der Waals surface area contributed by atoms with E-state index in [1.54, 1.807) is 0 Å². The molecule has 0 aliphatic carbocycles. The van der Waals surface area contributed by atoms with Crippen LogP contribution in [0.5, 0.6) is 11.5 Å². The lowest BCUT2D eigenvalue weighted by molar-refractivity contribution is 0.0758. The summed E-state index contributed by atoms with van der Waals surface area (Å²) in [6.07, 6.45) is 0. The third-order valence-electron chi connectivity index (χ3n) is 3.77. The van der Waals surface area contributed by atoms with Crippen LogP contribution in [0.4, 0.5) is 0 Å². The maximum absolute atomic E-state index is 5.80. The molecule has 0 saturated carbocycles. The average Bonchev–Trinajstić information content (AvgIpc) is 2.51. The maximum Gasteiger partial charge on any atom is 0.125 e. The van der Waals surface area contributed by atoms with E-state index in [4.69, 9.17) is 14.2 Å². The molecule has 3 heteroatoms. The van der Waals surface area contributed by atoms with Gasteiger partial charge in [-0.1, -0.05) is 36.4 Å². The summed E-state index contributed by atoms with van der Waals surface area (Å²) in [6, 6.07) is 12.3. The Morgan fingerprint density at radius 1 is 0.565 bits per heavy atom. The fraction of sp³-hybridized carbons (Fsp3) is 0.400. The van der Waals surface area contributed by atoms with Gasteiger partial charge in [0.15, 0.2) is 0 Å². The van der Waals surface area contributed by atoms with Crippen LogP contribution in [0.15, 0.2) is 36.4 Å². The van der Waals surface area contributed by atoms with Crippen LogP contribution in [0.3, 0.4) is 0 Å². The van der Waals surface area contributed by atoms with E-state index in [2.05, 4.69) is 52.0 Å². The lowest BCUT2D eigenvalue weighted by Crippen LogP contribution is -2.13. The van der Waals surface area contributed by atoms with Crippen LogP contribution in [-0.4, -0.2) is 26.4 Å². The fourth-order valence-corrected chi connectivity index (χ4v) is 2.56. The number of hydrogen-bond donors (Lipinski definition) is 0. The molecule has 0 spiro atoms. The van der Waals surface area contributed by atoms with Crippen molar-refractivity contribution in [1.29, 1.82) is 0 Å². The minimum Gasteiger partial charge on any atom is -0.491 e. The number of para-hydroxylation sites is 2. The highest BCUT2D eigenvalue weighted by molar-refractivity contribution is 5.40. The highest BCUT2D eigenvalue weighted by atomic mass is 16.5. The first kappa shape index (κ1) is 17.4. The first-order chi connectivity index (χ1) is 11.1. The summed E-state index contributed by atoms with van der Waals surface area (Å²) in [4.78, 5) is 0. The quantitative estimate of drug-likeness (QED) is 0.676. The van der Waals surface area contributed by atoms with E-state index in [9.17, 15) is 0 Å². The molecule has 0 aromatic heterocycles. The van der Waals surface area contributed by atoms with Crippen molar-refractivity contribution in [2.45, 2.75) is 27.7 Å². The van der Waals surface area contributed by atoms with Gasteiger partial charge in [-0.3, -0.25) is 0 Å². The van der Waals surface area contributed by atoms with Crippen LogP contribution in [0.1, 0.15) is 22.3 Å². The van der Waals surface area contributed by atoms with Crippen molar-refractivity contribution < 1.29 is 14.2 Å². The molecule has 0 fully saturated rings. The first-order valence-electron chi connectivity index (χ1n) is 8.05. The van der Waals surface area contributed by atoms with E-state index in [0.717, 1.165) is 33.8 Å². The molecular formula is C20H26O3. The molecule has 0 atom stereocenters. The van der Waals surface area contributed by atoms with Crippen molar-refractivity contribution >= 4 is 0 Å². The van der Waals surface area contributed by atoms with Crippen LogP contribution >= 0.6 is 0 Å². The highest BCUT2D eigenvalue weighted by Crippen LogP contribution is 2.23. The monoisotopic (exact) mass is 314 g/mol. The van der Waals surface area contributed by atoms with E-state index >= 15 is 0 Å². The summed E-state index contributed by atoms with van der Waals surface area (Å²) < 4.78 is 17.2. The summed E-state index contributed by atoms with van der Waals surface area (Å²) in [5.41, 5.74) is 4.62. The standard InChI is InChI=1S/C20H26O3/c1-15-7-5-8-16(2)19(15)22-13-11-21-12-14-23-20-17(3)9-6-10-18(20)4/h5-10H,11-14H2,1-4H3. The Morgan fingerprint density at radius 2 is 0.913 bits per heavy atom. The Hall–Kier alpha value is -2.00. The third-order valence-corrected chi connectivity index (χ3v) is 3.77. The molecule has 0 saturated heterocycles. The zero-order valence-electron chi connectivity index (χ0n) is 14.5. The van der Waals surface area contributed by atoms with Crippen molar-refractivity contribution in [3.63, 3.8) is 0 Å². The van der Waals surface area contributed by atoms with Gasteiger partial charge in [0.2, 0.25) is 0 Å². The molecule has 0 bridgehead atoms. The predicted molar refractivity (Wildman–Crippen MR) is 93.6 cm³/mol. The lowest BCUT2D eigenvalue weighted by Gasteiger charge is -2.13. The van der Waals surface area contributed by atoms with Crippen LogP contribution in [-0.2, 0) is 4.74 Å². The van der Waals surface area contributed by atoms with Gasteiger partial charge in [-0.2, -0.15) is 0 Å². The molecule has 0 aliphatic rings. The van der Waals surface area contributed by atoms with Gasteiger partial charge < -0.3 is 14.2 Å². The van der Waals surface area contributed by atoms with Crippen LogP contribution < -0.4 is 9.47 Å². The van der Waals surface area contributed by atoms with Crippen molar-refractivity contribution in [3.05, 3.63) is 58.7 Å². The second kappa shape index (κ2) is 8.59. The Kier molecular flexibility index (Phi) is 6.48. The van der Waals surface area contributed by atoms with E-state index in [1.165, 1.54) is 0 Å². The predicted octanol–water partition coefficient (Wildman–Crippen LogP) is 4.39. The van der Waals surface area contributed by atoms with Gasteiger partial charge in [0.05, 0.1) is 13.2 Å².